The second kappa shape index (κ2) is 9.93. The van der Waals surface area contributed by atoms with Gasteiger partial charge < -0.3 is 14.5 Å². The predicted molar refractivity (Wildman–Crippen MR) is 133 cm³/mol. The van der Waals surface area contributed by atoms with E-state index >= 15 is 0 Å². The molecule has 0 fully saturated rings. The molecule has 0 atom stereocenters. The summed E-state index contributed by atoms with van der Waals surface area (Å²) in [6.07, 6.45) is 0.924. The Morgan fingerprint density at radius 3 is 2.69 bits per heavy atom. The van der Waals surface area contributed by atoms with E-state index in [9.17, 15) is 4.79 Å². The Morgan fingerprint density at radius 2 is 1.94 bits per heavy atom. The summed E-state index contributed by atoms with van der Waals surface area (Å²) in [5.41, 5.74) is 3.40. The number of ether oxygens (including phenoxy) is 1. The van der Waals surface area contributed by atoms with Gasteiger partial charge in [0.1, 0.15) is 11.3 Å². The Kier molecular flexibility index (Phi) is 6.82. The van der Waals surface area contributed by atoms with Gasteiger partial charge in [0.25, 0.3) is 5.91 Å². The van der Waals surface area contributed by atoms with E-state index in [1.807, 2.05) is 49.4 Å². The molecule has 0 bridgehead atoms. The Labute approximate surface area is 199 Å². The number of halogens is 1. The zero-order valence-corrected chi connectivity index (χ0v) is 19.6. The SMILES string of the molecule is CCCOc1ccc(C(=O)NC(=S)Nc2ccc3oc(-c4cccc(Br)c4)nc3c2)cc1. The lowest BCUT2D eigenvalue weighted by atomic mass is 10.2. The molecule has 4 rings (SSSR count). The first-order valence-electron chi connectivity index (χ1n) is 10.0. The highest BCUT2D eigenvalue weighted by atomic mass is 79.9. The van der Waals surface area contributed by atoms with Crippen LogP contribution in [0.3, 0.4) is 0 Å². The number of nitrogens with one attached hydrogen (secondary N) is 2. The number of benzene rings is 3. The van der Waals surface area contributed by atoms with Gasteiger partial charge in [0.05, 0.1) is 6.61 Å². The first kappa shape index (κ1) is 22.0. The topological polar surface area (TPSA) is 76.4 Å². The maximum Gasteiger partial charge on any atom is 0.257 e. The number of carbonyl (C=O) groups excluding carboxylic acids is 1. The largest absolute Gasteiger partial charge is 0.494 e. The van der Waals surface area contributed by atoms with Crippen LogP contribution in [0.2, 0.25) is 0 Å². The fourth-order valence-corrected chi connectivity index (χ4v) is 3.62. The Bertz CT molecular complexity index is 1270. The maximum atomic E-state index is 12.5. The molecule has 8 heteroatoms. The zero-order chi connectivity index (χ0) is 22.5. The number of rotatable bonds is 6. The number of amides is 1. The van der Waals surface area contributed by atoms with E-state index < -0.39 is 0 Å². The number of anilines is 1. The lowest BCUT2D eigenvalue weighted by molar-refractivity contribution is 0.0977. The standard InChI is InChI=1S/C24H20BrN3O3S/c1-2-12-30-19-9-6-15(7-10-19)22(29)28-24(32)26-18-8-11-21-20(14-18)27-23(31-21)16-4-3-5-17(25)13-16/h3-11,13-14H,2,12H2,1H3,(H2,26,28,29,32). The summed E-state index contributed by atoms with van der Waals surface area (Å²) in [6, 6.07) is 20.1. The van der Waals surface area contributed by atoms with Gasteiger partial charge in [0.15, 0.2) is 10.7 Å². The molecule has 2 N–H and O–H groups in total. The van der Waals surface area contributed by atoms with E-state index in [1.54, 1.807) is 24.3 Å². The van der Waals surface area contributed by atoms with E-state index in [0.29, 0.717) is 34.8 Å². The van der Waals surface area contributed by atoms with Crippen LogP contribution in [0, 0.1) is 0 Å². The van der Waals surface area contributed by atoms with Gasteiger partial charge >= 0.3 is 0 Å². The number of aromatic nitrogens is 1. The van der Waals surface area contributed by atoms with Crippen molar-refractivity contribution in [1.82, 2.24) is 10.3 Å². The lowest BCUT2D eigenvalue weighted by Gasteiger charge is -2.10. The summed E-state index contributed by atoms with van der Waals surface area (Å²) < 4.78 is 12.3. The summed E-state index contributed by atoms with van der Waals surface area (Å²) in [5.74, 6) is 0.955. The molecule has 0 aliphatic heterocycles. The molecule has 32 heavy (non-hydrogen) atoms. The molecule has 3 aromatic carbocycles. The van der Waals surface area contributed by atoms with Gasteiger partial charge in [0, 0.05) is 21.3 Å². The lowest BCUT2D eigenvalue weighted by Crippen LogP contribution is -2.34. The molecule has 0 aliphatic rings. The number of hydrogen-bond donors (Lipinski definition) is 2. The van der Waals surface area contributed by atoms with Crippen molar-refractivity contribution in [2.45, 2.75) is 13.3 Å². The van der Waals surface area contributed by atoms with Gasteiger partial charge in [-0.25, -0.2) is 4.98 Å². The van der Waals surface area contributed by atoms with Crippen LogP contribution >= 0.6 is 28.1 Å². The van der Waals surface area contributed by atoms with E-state index in [4.69, 9.17) is 21.4 Å². The van der Waals surface area contributed by atoms with Crippen LogP contribution < -0.4 is 15.4 Å². The van der Waals surface area contributed by atoms with Crippen molar-refractivity contribution in [2.24, 2.45) is 0 Å². The highest BCUT2D eigenvalue weighted by Gasteiger charge is 2.11. The molecule has 0 radical (unpaired) electrons. The predicted octanol–water partition coefficient (Wildman–Crippen LogP) is 6.17. The summed E-state index contributed by atoms with van der Waals surface area (Å²) in [7, 11) is 0. The van der Waals surface area contributed by atoms with E-state index in [-0.39, 0.29) is 11.0 Å². The van der Waals surface area contributed by atoms with Crippen molar-refractivity contribution in [3.8, 4) is 17.2 Å². The van der Waals surface area contributed by atoms with Crippen molar-refractivity contribution in [3.63, 3.8) is 0 Å². The highest BCUT2D eigenvalue weighted by molar-refractivity contribution is 9.10. The number of nitrogens with zero attached hydrogens (tertiary/aromatic N) is 1. The van der Waals surface area contributed by atoms with Crippen LogP contribution in [0.5, 0.6) is 5.75 Å². The van der Waals surface area contributed by atoms with Gasteiger partial charge in [-0.1, -0.05) is 28.9 Å². The molecule has 1 aromatic heterocycles. The average Bonchev–Trinajstić information content (AvgIpc) is 3.21. The molecular formula is C24H20BrN3O3S. The van der Waals surface area contributed by atoms with Crippen LogP contribution in [0.25, 0.3) is 22.6 Å². The van der Waals surface area contributed by atoms with Crippen LogP contribution in [0.1, 0.15) is 23.7 Å². The third kappa shape index (κ3) is 5.33. The number of carbonyl (C=O) groups is 1. The number of fused-ring (bicyclic) bond motifs is 1. The molecule has 0 saturated carbocycles. The Hall–Kier alpha value is -3.23. The second-order valence-corrected chi connectivity index (χ2v) is 8.32. The average molecular weight is 510 g/mol. The second-order valence-electron chi connectivity index (χ2n) is 6.99. The third-order valence-electron chi connectivity index (χ3n) is 4.53. The van der Waals surface area contributed by atoms with Crippen LogP contribution in [-0.4, -0.2) is 22.6 Å². The van der Waals surface area contributed by atoms with Crippen molar-refractivity contribution in [1.29, 1.82) is 0 Å². The summed E-state index contributed by atoms with van der Waals surface area (Å²) in [6.45, 7) is 2.68. The summed E-state index contributed by atoms with van der Waals surface area (Å²) >= 11 is 8.75. The molecule has 6 nitrogen and oxygen atoms in total. The zero-order valence-electron chi connectivity index (χ0n) is 17.2. The maximum absolute atomic E-state index is 12.5. The number of thiocarbonyl (C=S) groups is 1. The first-order chi connectivity index (χ1) is 15.5. The molecule has 162 valence electrons. The minimum Gasteiger partial charge on any atom is -0.494 e. The Morgan fingerprint density at radius 1 is 1.12 bits per heavy atom. The monoisotopic (exact) mass is 509 g/mol. The summed E-state index contributed by atoms with van der Waals surface area (Å²) in [5, 5.41) is 5.89. The van der Waals surface area contributed by atoms with Gasteiger partial charge in [0.2, 0.25) is 5.89 Å². The van der Waals surface area contributed by atoms with Crippen LogP contribution in [0.15, 0.2) is 75.6 Å². The Balaban J connectivity index is 1.41. The molecule has 0 aliphatic carbocycles. The van der Waals surface area contributed by atoms with Crippen LogP contribution in [-0.2, 0) is 0 Å². The third-order valence-corrected chi connectivity index (χ3v) is 5.23. The van der Waals surface area contributed by atoms with E-state index in [2.05, 4.69) is 31.5 Å². The molecule has 4 aromatic rings. The normalized spacial score (nSPS) is 10.7. The highest BCUT2D eigenvalue weighted by Crippen LogP contribution is 2.27. The minimum atomic E-state index is -0.302. The van der Waals surface area contributed by atoms with Gasteiger partial charge in [-0.15, -0.1) is 0 Å². The van der Waals surface area contributed by atoms with Crippen molar-refractivity contribution >= 4 is 56.0 Å². The fraction of sp³-hybridized carbons (Fsp3) is 0.125. The van der Waals surface area contributed by atoms with E-state index in [0.717, 1.165) is 22.2 Å². The minimum absolute atomic E-state index is 0.191. The first-order valence-corrected chi connectivity index (χ1v) is 11.2. The van der Waals surface area contributed by atoms with E-state index in [1.165, 1.54) is 0 Å². The van der Waals surface area contributed by atoms with Crippen LogP contribution in [0.4, 0.5) is 5.69 Å². The van der Waals surface area contributed by atoms with Crippen molar-refractivity contribution in [3.05, 3.63) is 76.8 Å². The smallest absolute Gasteiger partial charge is 0.257 e. The quantitative estimate of drug-likeness (QED) is 0.302. The number of hydrogen-bond acceptors (Lipinski definition) is 5. The van der Waals surface area contributed by atoms with Gasteiger partial charge in [-0.05, 0) is 79.3 Å². The number of oxazole rings is 1. The molecule has 0 saturated heterocycles. The molecule has 1 heterocycles. The van der Waals surface area contributed by atoms with Gasteiger partial charge in [-0.3, -0.25) is 10.1 Å². The van der Waals surface area contributed by atoms with Crippen molar-refractivity contribution < 1.29 is 13.9 Å². The van der Waals surface area contributed by atoms with Crippen molar-refractivity contribution in [2.75, 3.05) is 11.9 Å². The molecule has 0 unspecified atom stereocenters. The van der Waals surface area contributed by atoms with Gasteiger partial charge in [-0.2, -0.15) is 0 Å². The fourth-order valence-electron chi connectivity index (χ4n) is 3.01. The summed E-state index contributed by atoms with van der Waals surface area (Å²) in [4.78, 5) is 17.0. The molecule has 1 amide bonds. The molecule has 0 spiro atoms. The molecular weight excluding hydrogens is 490 g/mol.